The second-order valence-electron chi connectivity index (χ2n) is 5.24. The number of rotatable bonds is 8. The third-order valence-corrected chi connectivity index (χ3v) is 6.61. The predicted octanol–water partition coefficient (Wildman–Crippen LogP) is 1.94. The number of sulfonamides is 1. The fraction of sp³-hybridized carbons (Fsp3) is 0.692. The number of methoxy groups -OCH3 is 1. The first-order valence-corrected chi connectivity index (χ1v) is 9.14. The van der Waals surface area contributed by atoms with Gasteiger partial charge in [0.25, 0.3) is 0 Å². The molecule has 0 saturated heterocycles. The Morgan fingerprint density at radius 3 is 2.71 bits per heavy atom. The van der Waals surface area contributed by atoms with E-state index >= 15 is 0 Å². The van der Waals surface area contributed by atoms with Crippen molar-refractivity contribution in [3.63, 3.8) is 0 Å². The lowest BCUT2D eigenvalue weighted by Gasteiger charge is -2.27. The SMILES string of the molecule is COCCN(C(C)C1CC1)S(=O)(=O)c1cc(CN)oc1Br. The maximum atomic E-state index is 12.9. The van der Waals surface area contributed by atoms with Crippen LogP contribution in [-0.4, -0.2) is 39.0 Å². The molecular formula is C13H21BrN2O4S. The van der Waals surface area contributed by atoms with Crippen molar-refractivity contribution in [2.45, 2.75) is 37.2 Å². The Bertz CT molecular complexity index is 583. The van der Waals surface area contributed by atoms with Crippen molar-refractivity contribution >= 4 is 26.0 Å². The van der Waals surface area contributed by atoms with Gasteiger partial charge >= 0.3 is 0 Å². The van der Waals surface area contributed by atoms with Gasteiger partial charge in [-0.2, -0.15) is 4.31 Å². The van der Waals surface area contributed by atoms with Crippen LogP contribution in [0.1, 0.15) is 25.5 Å². The van der Waals surface area contributed by atoms with Gasteiger partial charge in [0.2, 0.25) is 10.0 Å². The minimum atomic E-state index is -3.64. The lowest BCUT2D eigenvalue weighted by Crippen LogP contribution is -2.41. The lowest BCUT2D eigenvalue weighted by molar-refractivity contribution is 0.164. The van der Waals surface area contributed by atoms with Crippen LogP contribution in [0.3, 0.4) is 0 Å². The van der Waals surface area contributed by atoms with Crippen LogP contribution in [0.2, 0.25) is 0 Å². The Morgan fingerprint density at radius 2 is 2.24 bits per heavy atom. The van der Waals surface area contributed by atoms with Gasteiger partial charge in [-0.1, -0.05) is 0 Å². The zero-order valence-electron chi connectivity index (χ0n) is 12.2. The maximum absolute atomic E-state index is 12.9. The molecule has 8 heteroatoms. The maximum Gasteiger partial charge on any atom is 0.247 e. The predicted molar refractivity (Wildman–Crippen MR) is 82.3 cm³/mol. The van der Waals surface area contributed by atoms with Crippen LogP contribution >= 0.6 is 15.9 Å². The number of nitrogens with two attached hydrogens (primary N) is 1. The Balaban J connectivity index is 2.32. The number of nitrogens with zero attached hydrogens (tertiary/aromatic N) is 1. The zero-order valence-corrected chi connectivity index (χ0v) is 14.6. The summed E-state index contributed by atoms with van der Waals surface area (Å²) in [6.07, 6.45) is 2.14. The largest absolute Gasteiger partial charge is 0.452 e. The highest BCUT2D eigenvalue weighted by atomic mass is 79.9. The van der Waals surface area contributed by atoms with Gasteiger partial charge in [-0.05, 0) is 41.6 Å². The first kappa shape index (κ1) is 17.0. The second kappa shape index (κ2) is 6.78. The summed E-state index contributed by atoms with van der Waals surface area (Å²) in [5, 5.41) is 0. The van der Waals surface area contributed by atoms with E-state index in [-0.39, 0.29) is 22.2 Å². The molecule has 1 aliphatic carbocycles. The molecule has 1 aliphatic rings. The van der Waals surface area contributed by atoms with E-state index in [1.807, 2.05) is 6.92 Å². The van der Waals surface area contributed by atoms with Crippen molar-refractivity contribution in [3.05, 3.63) is 16.5 Å². The van der Waals surface area contributed by atoms with Crippen LogP contribution in [0.25, 0.3) is 0 Å². The summed E-state index contributed by atoms with van der Waals surface area (Å²) in [6, 6.07) is 1.44. The Kier molecular flexibility index (Phi) is 5.48. The first-order valence-electron chi connectivity index (χ1n) is 6.90. The van der Waals surface area contributed by atoms with Gasteiger partial charge in [0, 0.05) is 25.8 Å². The summed E-state index contributed by atoms with van der Waals surface area (Å²) in [4.78, 5) is 0.131. The zero-order chi connectivity index (χ0) is 15.6. The average molecular weight is 381 g/mol. The van der Waals surface area contributed by atoms with Crippen molar-refractivity contribution in [1.82, 2.24) is 4.31 Å². The van der Waals surface area contributed by atoms with E-state index in [4.69, 9.17) is 14.9 Å². The second-order valence-corrected chi connectivity index (χ2v) is 7.82. The molecule has 0 amide bonds. The molecule has 2 N–H and O–H groups in total. The number of hydrogen-bond donors (Lipinski definition) is 1. The van der Waals surface area contributed by atoms with Crippen LogP contribution in [0.4, 0.5) is 0 Å². The molecule has 21 heavy (non-hydrogen) atoms. The summed E-state index contributed by atoms with van der Waals surface area (Å²) < 4.78 is 37.9. The highest BCUT2D eigenvalue weighted by molar-refractivity contribution is 9.10. The molecule has 6 nitrogen and oxygen atoms in total. The fourth-order valence-electron chi connectivity index (χ4n) is 2.34. The van der Waals surface area contributed by atoms with E-state index in [1.165, 1.54) is 10.4 Å². The van der Waals surface area contributed by atoms with Crippen LogP contribution in [0.5, 0.6) is 0 Å². The fourth-order valence-corrected chi connectivity index (χ4v) is 4.98. The molecule has 1 aromatic heterocycles. The standard InChI is InChI=1S/C13H21BrN2O4S/c1-9(10-3-4-10)16(5-6-19-2)21(17,18)12-7-11(8-15)20-13(12)14/h7,9-10H,3-6,8,15H2,1-2H3. The molecule has 1 unspecified atom stereocenters. The summed E-state index contributed by atoms with van der Waals surface area (Å²) in [6.45, 7) is 2.79. The van der Waals surface area contributed by atoms with E-state index in [2.05, 4.69) is 15.9 Å². The molecule has 0 radical (unpaired) electrons. The number of ether oxygens (including phenoxy) is 1. The Labute approximate surface area is 133 Å². The van der Waals surface area contributed by atoms with Gasteiger partial charge in [0.05, 0.1) is 13.2 Å². The van der Waals surface area contributed by atoms with Crippen molar-refractivity contribution in [2.75, 3.05) is 20.3 Å². The molecule has 0 aliphatic heterocycles. The van der Waals surface area contributed by atoms with Crippen molar-refractivity contribution in [3.8, 4) is 0 Å². The molecule has 0 spiro atoms. The van der Waals surface area contributed by atoms with Crippen molar-refractivity contribution < 1.29 is 17.6 Å². The first-order chi connectivity index (χ1) is 9.91. The van der Waals surface area contributed by atoms with E-state index < -0.39 is 10.0 Å². The van der Waals surface area contributed by atoms with Gasteiger partial charge in [-0.3, -0.25) is 0 Å². The molecule has 1 atom stereocenters. The normalized spacial score (nSPS) is 17.4. The molecular weight excluding hydrogens is 360 g/mol. The molecule has 0 bridgehead atoms. The Hall–Kier alpha value is -0.410. The van der Waals surface area contributed by atoms with Crippen LogP contribution in [0, 0.1) is 5.92 Å². The summed E-state index contributed by atoms with van der Waals surface area (Å²) in [5.41, 5.74) is 5.51. The smallest absolute Gasteiger partial charge is 0.247 e. The van der Waals surface area contributed by atoms with Crippen molar-refractivity contribution in [1.29, 1.82) is 0 Å². The highest BCUT2D eigenvalue weighted by Crippen LogP contribution is 2.38. The molecule has 2 rings (SSSR count). The van der Waals surface area contributed by atoms with E-state index in [1.54, 1.807) is 7.11 Å². The Morgan fingerprint density at radius 1 is 1.57 bits per heavy atom. The van der Waals surface area contributed by atoms with Gasteiger partial charge < -0.3 is 14.9 Å². The summed E-state index contributed by atoms with van der Waals surface area (Å²) in [7, 11) is -2.08. The van der Waals surface area contributed by atoms with E-state index in [0.29, 0.717) is 24.8 Å². The highest BCUT2D eigenvalue weighted by Gasteiger charge is 2.39. The van der Waals surface area contributed by atoms with Crippen LogP contribution in [0.15, 0.2) is 20.0 Å². The molecule has 1 saturated carbocycles. The van der Waals surface area contributed by atoms with E-state index in [9.17, 15) is 8.42 Å². The quantitative estimate of drug-likeness (QED) is 0.744. The van der Waals surface area contributed by atoms with Crippen LogP contribution < -0.4 is 5.73 Å². The lowest BCUT2D eigenvalue weighted by atomic mass is 10.2. The molecule has 1 fully saturated rings. The summed E-state index contributed by atoms with van der Waals surface area (Å²) in [5.74, 6) is 0.863. The third kappa shape index (κ3) is 3.68. The average Bonchev–Trinajstić information content (AvgIpc) is 3.21. The number of hydrogen-bond acceptors (Lipinski definition) is 5. The number of furan rings is 1. The minimum absolute atomic E-state index is 0.0479. The molecule has 1 aromatic rings. The number of halogens is 1. The van der Waals surface area contributed by atoms with Gasteiger partial charge in [-0.25, -0.2) is 8.42 Å². The van der Waals surface area contributed by atoms with Crippen molar-refractivity contribution in [2.24, 2.45) is 11.7 Å². The van der Waals surface area contributed by atoms with Gasteiger partial charge in [-0.15, -0.1) is 0 Å². The molecule has 120 valence electrons. The minimum Gasteiger partial charge on any atom is -0.452 e. The summed E-state index contributed by atoms with van der Waals surface area (Å²) >= 11 is 3.17. The topological polar surface area (TPSA) is 85.8 Å². The van der Waals surface area contributed by atoms with Crippen LogP contribution in [-0.2, 0) is 21.3 Å². The molecule has 1 heterocycles. The monoisotopic (exact) mass is 380 g/mol. The molecule has 0 aromatic carbocycles. The third-order valence-electron chi connectivity index (χ3n) is 3.77. The van der Waals surface area contributed by atoms with E-state index in [0.717, 1.165) is 12.8 Å². The van der Waals surface area contributed by atoms with Gasteiger partial charge in [0.15, 0.2) is 4.67 Å². The van der Waals surface area contributed by atoms with Gasteiger partial charge in [0.1, 0.15) is 10.7 Å².